The average molecular weight is 435 g/mol. The van der Waals surface area contributed by atoms with Gasteiger partial charge in [0.05, 0.1) is 13.2 Å². The number of rotatable bonds is 5. The minimum absolute atomic E-state index is 0.0944. The molecular weight excluding hydrogens is 404 g/mol. The van der Waals surface area contributed by atoms with Crippen molar-refractivity contribution in [3.05, 3.63) is 60.3 Å². The zero-order chi connectivity index (χ0) is 21.8. The summed E-state index contributed by atoms with van der Waals surface area (Å²) >= 11 is 5.60. The summed E-state index contributed by atoms with van der Waals surface area (Å²) in [6.45, 7) is 6.75. The van der Waals surface area contributed by atoms with Gasteiger partial charge in [-0.3, -0.25) is 4.98 Å². The van der Waals surface area contributed by atoms with Crippen LogP contribution in [0, 0.1) is 5.92 Å². The van der Waals surface area contributed by atoms with E-state index in [1.54, 1.807) is 13.3 Å². The van der Waals surface area contributed by atoms with Crippen LogP contribution in [0.15, 0.2) is 54.7 Å². The lowest BCUT2D eigenvalue weighted by Crippen LogP contribution is -2.34. The Kier molecular flexibility index (Phi) is 6.56. The lowest BCUT2D eigenvalue weighted by molar-refractivity contribution is 0.419. The molecular formula is C25H30N4OS. The number of ether oxygens (including phenoxy) is 1. The third-order valence-electron chi connectivity index (χ3n) is 5.96. The highest BCUT2D eigenvalue weighted by atomic mass is 32.1. The lowest BCUT2D eigenvalue weighted by atomic mass is 9.99. The number of nitrogens with zero attached hydrogens (tertiary/aromatic N) is 2. The highest BCUT2D eigenvalue weighted by Gasteiger charge is 2.17. The van der Waals surface area contributed by atoms with Crippen molar-refractivity contribution in [2.24, 2.45) is 5.92 Å². The molecule has 162 valence electrons. The maximum atomic E-state index is 5.60. The third-order valence-corrected chi connectivity index (χ3v) is 6.18. The van der Waals surface area contributed by atoms with Gasteiger partial charge in [0.25, 0.3) is 0 Å². The summed E-state index contributed by atoms with van der Waals surface area (Å²) in [6, 6.07) is 16.7. The Labute approximate surface area is 189 Å². The summed E-state index contributed by atoms with van der Waals surface area (Å²) in [5, 5.41) is 8.27. The summed E-state index contributed by atoms with van der Waals surface area (Å²) in [4.78, 5) is 6.94. The van der Waals surface area contributed by atoms with Gasteiger partial charge in [-0.2, -0.15) is 0 Å². The van der Waals surface area contributed by atoms with Gasteiger partial charge in [-0.25, -0.2) is 0 Å². The first-order valence-corrected chi connectivity index (χ1v) is 11.3. The van der Waals surface area contributed by atoms with Crippen LogP contribution in [0.4, 0.5) is 11.4 Å². The molecule has 4 rings (SSSR count). The van der Waals surface area contributed by atoms with Gasteiger partial charge in [0.1, 0.15) is 11.3 Å². The van der Waals surface area contributed by atoms with Crippen LogP contribution >= 0.6 is 12.2 Å². The zero-order valence-electron chi connectivity index (χ0n) is 18.4. The van der Waals surface area contributed by atoms with Crippen LogP contribution in [0.25, 0.3) is 10.9 Å². The second-order valence-corrected chi connectivity index (χ2v) is 8.73. The van der Waals surface area contributed by atoms with E-state index >= 15 is 0 Å². The molecule has 1 saturated heterocycles. The monoisotopic (exact) mass is 434 g/mol. The molecule has 2 N–H and O–H groups in total. The minimum Gasteiger partial charge on any atom is -0.494 e. The number of hydrogen-bond donors (Lipinski definition) is 2. The van der Waals surface area contributed by atoms with Gasteiger partial charge in [0.2, 0.25) is 0 Å². The van der Waals surface area contributed by atoms with Gasteiger partial charge in [-0.15, -0.1) is 0 Å². The van der Waals surface area contributed by atoms with Gasteiger partial charge in [-0.1, -0.05) is 19.1 Å². The number of fused-ring (bicyclic) bond motifs is 1. The molecule has 0 unspecified atom stereocenters. The first-order valence-electron chi connectivity index (χ1n) is 10.9. The fourth-order valence-corrected chi connectivity index (χ4v) is 4.54. The van der Waals surface area contributed by atoms with Crippen LogP contribution in [-0.2, 0) is 0 Å². The first kappa shape index (κ1) is 21.4. The van der Waals surface area contributed by atoms with Gasteiger partial charge < -0.3 is 20.3 Å². The molecule has 2 atom stereocenters. The third kappa shape index (κ3) is 4.90. The predicted molar refractivity (Wildman–Crippen MR) is 133 cm³/mol. The van der Waals surface area contributed by atoms with Crippen molar-refractivity contribution in [2.45, 2.75) is 32.7 Å². The highest BCUT2D eigenvalue weighted by Crippen LogP contribution is 2.30. The Morgan fingerprint density at radius 3 is 2.74 bits per heavy atom. The molecule has 0 bridgehead atoms. The van der Waals surface area contributed by atoms with E-state index < -0.39 is 0 Å². The number of benzene rings is 2. The molecule has 2 heterocycles. The average Bonchev–Trinajstić information content (AvgIpc) is 2.79. The Hall–Kier alpha value is -2.86. The second-order valence-electron chi connectivity index (χ2n) is 8.32. The van der Waals surface area contributed by atoms with E-state index in [1.807, 2.05) is 24.3 Å². The van der Waals surface area contributed by atoms with E-state index in [2.05, 4.69) is 58.6 Å². The molecule has 0 radical (unpaired) electrons. The highest BCUT2D eigenvalue weighted by molar-refractivity contribution is 7.80. The fraction of sp³-hybridized carbons (Fsp3) is 0.360. The Morgan fingerprint density at radius 1 is 1.19 bits per heavy atom. The smallest absolute Gasteiger partial charge is 0.171 e. The molecule has 3 aromatic rings. The van der Waals surface area contributed by atoms with Crippen molar-refractivity contribution in [3.63, 3.8) is 0 Å². The Morgan fingerprint density at radius 2 is 2.00 bits per heavy atom. The molecule has 0 amide bonds. The summed E-state index contributed by atoms with van der Waals surface area (Å²) in [5.41, 5.74) is 4.23. The largest absolute Gasteiger partial charge is 0.494 e. The van der Waals surface area contributed by atoms with E-state index in [-0.39, 0.29) is 6.04 Å². The molecule has 1 aromatic heterocycles. The molecule has 1 aliphatic heterocycles. The second kappa shape index (κ2) is 9.52. The maximum Gasteiger partial charge on any atom is 0.171 e. The molecule has 2 aromatic carbocycles. The number of thiocarbonyl (C=S) groups is 1. The number of methoxy groups -OCH3 is 1. The van der Waals surface area contributed by atoms with Gasteiger partial charge in [-0.05, 0) is 79.9 Å². The zero-order valence-corrected chi connectivity index (χ0v) is 19.2. The van der Waals surface area contributed by atoms with Crippen LogP contribution in [0.5, 0.6) is 5.75 Å². The molecule has 1 aliphatic rings. The van der Waals surface area contributed by atoms with Crippen LogP contribution < -0.4 is 20.3 Å². The minimum atomic E-state index is 0.0944. The van der Waals surface area contributed by atoms with Crippen molar-refractivity contribution in [1.29, 1.82) is 0 Å². The number of aromatic nitrogens is 1. The van der Waals surface area contributed by atoms with Gasteiger partial charge >= 0.3 is 0 Å². The number of nitrogens with one attached hydrogen (secondary N) is 2. The standard InChI is InChI=1S/C25H30N4OS/c1-17-6-5-15-29(16-17)20-10-8-19(9-11-20)18(2)27-25(31)28-22-12-13-23(30-3)24-21(22)7-4-14-26-24/h4,7-14,17-18H,5-6,15-16H2,1-3H3,(H2,27,28,31)/t17-,18-/m0/s1. The number of pyridine rings is 1. The molecule has 0 aliphatic carbocycles. The van der Waals surface area contributed by atoms with Crippen LogP contribution in [0.1, 0.15) is 38.3 Å². The molecule has 0 saturated carbocycles. The normalized spacial score (nSPS) is 17.3. The number of piperidine rings is 1. The van der Waals surface area contributed by atoms with E-state index in [4.69, 9.17) is 17.0 Å². The molecule has 31 heavy (non-hydrogen) atoms. The van der Waals surface area contributed by atoms with E-state index in [1.165, 1.54) is 24.1 Å². The molecule has 0 spiro atoms. The van der Waals surface area contributed by atoms with Crippen molar-refractivity contribution >= 4 is 39.6 Å². The van der Waals surface area contributed by atoms with Crippen molar-refractivity contribution in [3.8, 4) is 5.75 Å². The summed E-state index contributed by atoms with van der Waals surface area (Å²) in [6.07, 6.45) is 4.37. The Balaban J connectivity index is 1.41. The predicted octanol–water partition coefficient (Wildman–Crippen LogP) is 5.53. The van der Waals surface area contributed by atoms with Crippen LogP contribution in [0.2, 0.25) is 0 Å². The summed E-state index contributed by atoms with van der Waals surface area (Å²) < 4.78 is 5.43. The number of hydrogen-bond acceptors (Lipinski definition) is 4. The lowest BCUT2D eigenvalue weighted by Gasteiger charge is -2.33. The quantitative estimate of drug-likeness (QED) is 0.515. The SMILES string of the molecule is COc1ccc(NC(=S)N[C@@H](C)c2ccc(N3CCC[C@H](C)C3)cc2)c2cccnc12. The van der Waals surface area contributed by atoms with Gasteiger partial charge in [0.15, 0.2) is 5.11 Å². The molecule has 5 nitrogen and oxygen atoms in total. The van der Waals surface area contributed by atoms with Crippen LogP contribution in [0.3, 0.4) is 0 Å². The fourth-order valence-electron chi connectivity index (χ4n) is 4.26. The maximum absolute atomic E-state index is 5.60. The Bertz CT molecular complexity index is 1050. The molecule has 6 heteroatoms. The van der Waals surface area contributed by atoms with Crippen molar-refractivity contribution < 1.29 is 4.74 Å². The van der Waals surface area contributed by atoms with Crippen molar-refractivity contribution in [2.75, 3.05) is 30.4 Å². The van der Waals surface area contributed by atoms with E-state index in [0.717, 1.165) is 41.3 Å². The van der Waals surface area contributed by atoms with Crippen LogP contribution in [-0.4, -0.2) is 30.3 Å². The van der Waals surface area contributed by atoms with E-state index in [0.29, 0.717) is 5.11 Å². The topological polar surface area (TPSA) is 49.4 Å². The van der Waals surface area contributed by atoms with Gasteiger partial charge in [0, 0.05) is 36.0 Å². The van der Waals surface area contributed by atoms with Crippen molar-refractivity contribution in [1.82, 2.24) is 10.3 Å². The molecule has 1 fully saturated rings. The summed E-state index contributed by atoms with van der Waals surface area (Å²) in [5.74, 6) is 1.51. The number of anilines is 2. The van der Waals surface area contributed by atoms with E-state index in [9.17, 15) is 0 Å². The summed E-state index contributed by atoms with van der Waals surface area (Å²) in [7, 11) is 1.65. The first-order chi connectivity index (χ1) is 15.0.